The van der Waals surface area contributed by atoms with Gasteiger partial charge in [0.25, 0.3) is 0 Å². The van der Waals surface area contributed by atoms with Gasteiger partial charge in [0.15, 0.2) is 0 Å². The fourth-order valence-corrected chi connectivity index (χ4v) is 2.06. The fraction of sp³-hybridized carbons (Fsp3) is 0.455. The third kappa shape index (κ3) is 2.59. The summed E-state index contributed by atoms with van der Waals surface area (Å²) in [6, 6.07) is 3.65. The summed E-state index contributed by atoms with van der Waals surface area (Å²) >= 11 is 3.30. The van der Waals surface area contributed by atoms with Gasteiger partial charge in [-0.15, -0.1) is 0 Å². The highest BCUT2D eigenvalue weighted by atomic mass is 79.9. The number of halogens is 1. The Labute approximate surface area is 103 Å². The van der Waals surface area contributed by atoms with Crippen molar-refractivity contribution >= 4 is 27.7 Å². The molecule has 16 heavy (non-hydrogen) atoms. The molecule has 2 heterocycles. The molecule has 4 nitrogen and oxygen atoms in total. The third-order valence-corrected chi connectivity index (χ3v) is 3.30. The molecule has 0 saturated carbocycles. The summed E-state index contributed by atoms with van der Waals surface area (Å²) in [5, 5.41) is 6.04. The number of nitrogens with one attached hydrogen (secondary N) is 2. The van der Waals surface area contributed by atoms with Crippen molar-refractivity contribution in [1.29, 1.82) is 0 Å². The Bertz CT molecular complexity index is 379. The summed E-state index contributed by atoms with van der Waals surface area (Å²) in [5.74, 6) is 1.08. The smallest absolute Gasteiger partial charge is 0.230 e. The molecule has 2 atom stereocenters. The molecule has 0 spiro atoms. The number of aromatic nitrogens is 1. The van der Waals surface area contributed by atoms with Gasteiger partial charge in [-0.2, -0.15) is 0 Å². The third-order valence-electron chi connectivity index (χ3n) is 2.83. The SMILES string of the molecule is CC1CNCC1C(=O)Nc1ccc(Br)cn1. The molecule has 2 rings (SSSR count). The minimum atomic E-state index is 0.0467. The Hall–Kier alpha value is -0.940. The lowest BCUT2D eigenvalue weighted by molar-refractivity contribution is -0.120. The Balaban J connectivity index is 1.99. The van der Waals surface area contributed by atoms with Crippen LogP contribution in [0.5, 0.6) is 0 Å². The van der Waals surface area contributed by atoms with E-state index in [9.17, 15) is 4.79 Å². The van der Waals surface area contributed by atoms with Crippen molar-refractivity contribution in [3.63, 3.8) is 0 Å². The Morgan fingerprint density at radius 3 is 2.94 bits per heavy atom. The maximum Gasteiger partial charge on any atom is 0.230 e. The molecule has 1 fully saturated rings. The summed E-state index contributed by atoms with van der Waals surface area (Å²) in [4.78, 5) is 16.0. The first-order valence-electron chi connectivity index (χ1n) is 5.30. The number of amides is 1. The normalized spacial score (nSPS) is 24.4. The zero-order valence-corrected chi connectivity index (χ0v) is 10.6. The van der Waals surface area contributed by atoms with Gasteiger partial charge in [0.2, 0.25) is 5.91 Å². The van der Waals surface area contributed by atoms with Gasteiger partial charge in [0.1, 0.15) is 5.82 Å². The van der Waals surface area contributed by atoms with Crippen LogP contribution in [0.3, 0.4) is 0 Å². The van der Waals surface area contributed by atoms with Crippen LogP contribution >= 0.6 is 15.9 Å². The van der Waals surface area contributed by atoms with E-state index in [0.29, 0.717) is 11.7 Å². The van der Waals surface area contributed by atoms with Gasteiger partial charge in [-0.05, 0) is 40.5 Å². The number of hydrogen-bond acceptors (Lipinski definition) is 3. The average Bonchev–Trinajstić information content (AvgIpc) is 2.68. The van der Waals surface area contributed by atoms with Crippen LogP contribution in [0.15, 0.2) is 22.8 Å². The van der Waals surface area contributed by atoms with Crippen molar-refractivity contribution in [2.24, 2.45) is 11.8 Å². The van der Waals surface area contributed by atoms with E-state index in [-0.39, 0.29) is 11.8 Å². The van der Waals surface area contributed by atoms with Crippen molar-refractivity contribution in [2.45, 2.75) is 6.92 Å². The molecule has 1 saturated heterocycles. The molecule has 5 heteroatoms. The van der Waals surface area contributed by atoms with Gasteiger partial charge in [0.05, 0.1) is 5.92 Å². The summed E-state index contributed by atoms with van der Waals surface area (Å²) in [5.41, 5.74) is 0. The van der Waals surface area contributed by atoms with Crippen LogP contribution in [0.25, 0.3) is 0 Å². The molecule has 1 aromatic heterocycles. The summed E-state index contributed by atoms with van der Waals surface area (Å²) in [6.07, 6.45) is 1.67. The molecule has 1 aromatic rings. The first kappa shape index (κ1) is 11.5. The first-order chi connectivity index (χ1) is 7.66. The number of hydrogen-bond donors (Lipinski definition) is 2. The minimum Gasteiger partial charge on any atom is -0.316 e. The summed E-state index contributed by atoms with van der Waals surface area (Å²) < 4.78 is 0.904. The second-order valence-electron chi connectivity index (χ2n) is 4.09. The maximum absolute atomic E-state index is 11.9. The summed E-state index contributed by atoms with van der Waals surface area (Å²) in [7, 11) is 0. The van der Waals surface area contributed by atoms with E-state index in [0.717, 1.165) is 17.6 Å². The monoisotopic (exact) mass is 283 g/mol. The molecular weight excluding hydrogens is 270 g/mol. The lowest BCUT2D eigenvalue weighted by Gasteiger charge is -2.13. The molecule has 1 aliphatic heterocycles. The zero-order valence-electron chi connectivity index (χ0n) is 9.03. The van der Waals surface area contributed by atoms with E-state index in [4.69, 9.17) is 0 Å². The molecule has 1 aliphatic rings. The fourth-order valence-electron chi connectivity index (χ4n) is 1.83. The van der Waals surface area contributed by atoms with E-state index in [1.54, 1.807) is 12.3 Å². The maximum atomic E-state index is 11.9. The number of carbonyl (C=O) groups excluding carboxylic acids is 1. The number of anilines is 1. The molecule has 0 aromatic carbocycles. The lowest BCUT2D eigenvalue weighted by Crippen LogP contribution is -2.28. The minimum absolute atomic E-state index is 0.0467. The van der Waals surface area contributed by atoms with Crippen molar-refractivity contribution in [1.82, 2.24) is 10.3 Å². The molecule has 0 bridgehead atoms. The van der Waals surface area contributed by atoms with E-state index in [1.807, 2.05) is 6.07 Å². The molecule has 2 N–H and O–H groups in total. The van der Waals surface area contributed by atoms with Crippen LogP contribution in [0.1, 0.15) is 6.92 Å². The van der Waals surface area contributed by atoms with E-state index in [2.05, 4.69) is 38.5 Å². The summed E-state index contributed by atoms with van der Waals surface area (Å²) in [6.45, 7) is 3.74. The highest BCUT2D eigenvalue weighted by Crippen LogP contribution is 2.18. The first-order valence-corrected chi connectivity index (χ1v) is 6.09. The second kappa shape index (κ2) is 4.93. The highest BCUT2D eigenvalue weighted by Gasteiger charge is 2.29. The van der Waals surface area contributed by atoms with Crippen LogP contribution in [0.4, 0.5) is 5.82 Å². The highest BCUT2D eigenvalue weighted by molar-refractivity contribution is 9.10. The van der Waals surface area contributed by atoms with Crippen LogP contribution in [0.2, 0.25) is 0 Å². The number of pyridine rings is 1. The largest absolute Gasteiger partial charge is 0.316 e. The zero-order chi connectivity index (χ0) is 11.5. The Kier molecular flexibility index (Phi) is 3.56. The Morgan fingerprint density at radius 2 is 2.38 bits per heavy atom. The van der Waals surface area contributed by atoms with Gasteiger partial charge in [0, 0.05) is 17.2 Å². The van der Waals surface area contributed by atoms with Crippen molar-refractivity contribution in [3.05, 3.63) is 22.8 Å². The second-order valence-corrected chi connectivity index (χ2v) is 5.01. The molecular formula is C11H14BrN3O. The van der Waals surface area contributed by atoms with E-state index >= 15 is 0 Å². The van der Waals surface area contributed by atoms with Gasteiger partial charge >= 0.3 is 0 Å². The van der Waals surface area contributed by atoms with Gasteiger partial charge < -0.3 is 10.6 Å². The molecule has 2 unspecified atom stereocenters. The molecule has 1 amide bonds. The number of rotatable bonds is 2. The Morgan fingerprint density at radius 1 is 1.56 bits per heavy atom. The van der Waals surface area contributed by atoms with E-state index < -0.39 is 0 Å². The van der Waals surface area contributed by atoms with Crippen molar-refractivity contribution in [2.75, 3.05) is 18.4 Å². The standard InChI is InChI=1S/C11H14BrN3O/c1-7-4-13-6-9(7)11(16)15-10-3-2-8(12)5-14-10/h2-3,5,7,9,13H,4,6H2,1H3,(H,14,15,16). The number of carbonyl (C=O) groups is 1. The van der Waals surface area contributed by atoms with Crippen molar-refractivity contribution < 1.29 is 4.79 Å². The van der Waals surface area contributed by atoms with Crippen LogP contribution in [-0.4, -0.2) is 24.0 Å². The lowest BCUT2D eigenvalue weighted by atomic mass is 9.97. The number of nitrogens with zero attached hydrogens (tertiary/aromatic N) is 1. The molecule has 0 radical (unpaired) electrons. The van der Waals surface area contributed by atoms with Crippen LogP contribution in [0, 0.1) is 11.8 Å². The average molecular weight is 284 g/mol. The van der Waals surface area contributed by atoms with Gasteiger partial charge in [-0.1, -0.05) is 6.92 Å². The predicted octanol–water partition coefficient (Wildman–Crippen LogP) is 1.64. The molecule has 0 aliphatic carbocycles. The topological polar surface area (TPSA) is 54.0 Å². The van der Waals surface area contributed by atoms with Crippen LogP contribution in [-0.2, 0) is 4.79 Å². The van der Waals surface area contributed by atoms with Crippen molar-refractivity contribution in [3.8, 4) is 0 Å². The van der Waals surface area contributed by atoms with E-state index in [1.165, 1.54) is 0 Å². The predicted molar refractivity (Wildman–Crippen MR) is 66.1 cm³/mol. The van der Waals surface area contributed by atoms with Gasteiger partial charge in [-0.3, -0.25) is 4.79 Å². The van der Waals surface area contributed by atoms with Crippen LogP contribution < -0.4 is 10.6 Å². The van der Waals surface area contributed by atoms with Gasteiger partial charge in [-0.25, -0.2) is 4.98 Å². The quantitative estimate of drug-likeness (QED) is 0.868. The molecule has 86 valence electrons.